The number of aromatic hydroxyl groups is 1. The van der Waals surface area contributed by atoms with E-state index in [-0.39, 0.29) is 23.7 Å². The molecular formula is C18H24ClN3O3. The number of morpholine rings is 1. The summed E-state index contributed by atoms with van der Waals surface area (Å²) in [7, 11) is 0. The van der Waals surface area contributed by atoms with Crippen molar-refractivity contribution in [2.45, 2.75) is 19.4 Å². The number of hydrogen-bond donors (Lipinski definition) is 1. The van der Waals surface area contributed by atoms with Gasteiger partial charge in [-0.2, -0.15) is 5.10 Å². The van der Waals surface area contributed by atoms with Crippen molar-refractivity contribution in [1.29, 1.82) is 0 Å². The highest BCUT2D eigenvalue weighted by Crippen LogP contribution is 2.18. The van der Waals surface area contributed by atoms with E-state index >= 15 is 0 Å². The van der Waals surface area contributed by atoms with Gasteiger partial charge < -0.3 is 9.84 Å². The predicted molar refractivity (Wildman–Crippen MR) is 99.3 cm³/mol. The van der Waals surface area contributed by atoms with Gasteiger partial charge in [0.2, 0.25) is 0 Å². The van der Waals surface area contributed by atoms with Gasteiger partial charge in [-0.05, 0) is 43.1 Å². The Kier molecular flexibility index (Phi) is 7.43. The summed E-state index contributed by atoms with van der Waals surface area (Å²) in [6, 6.07) is 8.38. The molecule has 0 unspecified atom stereocenters. The van der Waals surface area contributed by atoms with E-state index in [2.05, 4.69) is 10.00 Å². The number of phenolic OH excluding ortho intramolecular Hbond substituents is 1. The molecule has 1 aromatic carbocycles. The Morgan fingerprint density at radius 2 is 1.72 bits per heavy atom. The molecule has 6 nitrogen and oxygen atoms in total. The van der Waals surface area contributed by atoms with Crippen molar-refractivity contribution in [3.63, 3.8) is 0 Å². The van der Waals surface area contributed by atoms with E-state index in [1.54, 1.807) is 36.5 Å². The van der Waals surface area contributed by atoms with Crippen LogP contribution < -0.4 is 5.56 Å². The SMILES string of the molecule is Cl.O=c1c(-c2ccc(O)cc2)ccnn1CCCCN1CCOCC1. The maximum absolute atomic E-state index is 12.6. The van der Waals surface area contributed by atoms with E-state index in [0.717, 1.165) is 51.3 Å². The summed E-state index contributed by atoms with van der Waals surface area (Å²) in [5.41, 5.74) is 1.31. The number of hydrogen-bond acceptors (Lipinski definition) is 5. The number of aryl methyl sites for hydroxylation is 1. The molecule has 1 aliphatic heterocycles. The van der Waals surface area contributed by atoms with Crippen LogP contribution in [0.25, 0.3) is 11.1 Å². The Labute approximate surface area is 153 Å². The second-order valence-corrected chi connectivity index (χ2v) is 5.98. The van der Waals surface area contributed by atoms with Crippen LogP contribution in [0.3, 0.4) is 0 Å². The molecule has 0 saturated carbocycles. The first kappa shape index (κ1) is 19.4. The number of nitrogens with zero attached hydrogens (tertiary/aromatic N) is 3. The smallest absolute Gasteiger partial charge is 0.274 e. The molecule has 25 heavy (non-hydrogen) atoms. The second-order valence-electron chi connectivity index (χ2n) is 5.98. The number of phenols is 1. The number of benzene rings is 1. The molecule has 0 aliphatic carbocycles. The minimum Gasteiger partial charge on any atom is -0.508 e. The van der Waals surface area contributed by atoms with Crippen LogP contribution in [-0.2, 0) is 11.3 Å². The largest absolute Gasteiger partial charge is 0.508 e. The first-order chi connectivity index (χ1) is 11.7. The highest BCUT2D eigenvalue weighted by molar-refractivity contribution is 5.85. The van der Waals surface area contributed by atoms with Crippen molar-refractivity contribution in [3.8, 4) is 16.9 Å². The molecule has 0 bridgehead atoms. The molecule has 3 rings (SSSR count). The van der Waals surface area contributed by atoms with Gasteiger partial charge in [0.1, 0.15) is 5.75 Å². The van der Waals surface area contributed by atoms with E-state index in [0.29, 0.717) is 12.1 Å². The van der Waals surface area contributed by atoms with Gasteiger partial charge in [0.25, 0.3) is 5.56 Å². The standard InChI is InChI=1S/C18H23N3O3.ClH/c22-16-5-3-15(4-6-16)17-7-8-19-21(18(17)23)10-2-1-9-20-11-13-24-14-12-20;/h3-8,22H,1-2,9-14H2;1H. The Bertz CT molecular complexity index is 712. The number of rotatable bonds is 6. The van der Waals surface area contributed by atoms with Gasteiger partial charge in [-0.15, -0.1) is 12.4 Å². The first-order valence-corrected chi connectivity index (χ1v) is 8.40. The number of aromatic nitrogens is 2. The van der Waals surface area contributed by atoms with Gasteiger partial charge in [0.05, 0.1) is 18.8 Å². The van der Waals surface area contributed by atoms with Gasteiger partial charge in [0.15, 0.2) is 0 Å². The fraction of sp³-hybridized carbons (Fsp3) is 0.444. The average molecular weight is 366 g/mol. The number of halogens is 1. The molecule has 136 valence electrons. The van der Waals surface area contributed by atoms with Crippen molar-refractivity contribution < 1.29 is 9.84 Å². The lowest BCUT2D eigenvalue weighted by Crippen LogP contribution is -2.37. The minimum atomic E-state index is -0.0884. The maximum Gasteiger partial charge on any atom is 0.274 e. The fourth-order valence-electron chi connectivity index (χ4n) is 2.89. The van der Waals surface area contributed by atoms with Crippen molar-refractivity contribution >= 4 is 12.4 Å². The third kappa shape index (κ3) is 5.29. The normalized spacial score (nSPS) is 14.9. The monoisotopic (exact) mass is 365 g/mol. The van der Waals surface area contributed by atoms with Crippen LogP contribution in [-0.4, -0.2) is 52.6 Å². The summed E-state index contributed by atoms with van der Waals surface area (Å²) in [5, 5.41) is 13.6. The Morgan fingerprint density at radius 3 is 2.44 bits per heavy atom. The molecule has 1 saturated heterocycles. The molecule has 0 amide bonds. The number of unbranched alkanes of at least 4 members (excludes halogenated alkanes) is 1. The van der Waals surface area contributed by atoms with Crippen molar-refractivity contribution in [1.82, 2.24) is 14.7 Å². The zero-order chi connectivity index (χ0) is 16.8. The second kappa shape index (κ2) is 9.56. The van der Waals surface area contributed by atoms with E-state index < -0.39 is 0 Å². The lowest BCUT2D eigenvalue weighted by molar-refractivity contribution is 0.0370. The van der Waals surface area contributed by atoms with Crippen LogP contribution in [0.15, 0.2) is 41.3 Å². The summed E-state index contributed by atoms with van der Waals surface area (Å²) >= 11 is 0. The van der Waals surface area contributed by atoms with Crippen LogP contribution in [0.1, 0.15) is 12.8 Å². The summed E-state index contributed by atoms with van der Waals surface area (Å²) < 4.78 is 6.87. The van der Waals surface area contributed by atoms with Crippen LogP contribution >= 0.6 is 12.4 Å². The van der Waals surface area contributed by atoms with Crippen molar-refractivity contribution in [2.75, 3.05) is 32.8 Å². The van der Waals surface area contributed by atoms with E-state index in [1.807, 2.05) is 0 Å². The summed E-state index contributed by atoms with van der Waals surface area (Å²) in [6.45, 7) is 5.28. The predicted octanol–water partition coefficient (Wildman–Crippen LogP) is 2.15. The summed E-state index contributed by atoms with van der Waals surface area (Å²) in [4.78, 5) is 15.0. The van der Waals surface area contributed by atoms with Gasteiger partial charge >= 0.3 is 0 Å². The molecule has 0 spiro atoms. The lowest BCUT2D eigenvalue weighted by atomic mass is 10.1. The zero-order valence-corrected chi connectivity index (χ0v) is 15.0. The van der Waals surface area contributed by atoms with Crippen molar-refractivity contribution in [2.24, 2.45) is 0 Å². The summed E-state index contributed by atoms with van der Waals surface area (Å²) in [5.74, 6) is 0.191. The molecule has 2 aromatic rings. The fourth-order valence-corrected chi connectivity index (χ4v) is 2.89. The van der Waals surface area contributed by atoms with E-state index in [4.69, 9.17) is 4.74 Å². The minimum absolute atomic E-state index is 0. The Balaban J connectivity index is 0.00000225. The van der Waals surface area contributed by atoms with Crippen LogP contribution in [0.5, 0.6) is 5.75 Å². The molecule has 7 heteroatoms. The molecule has 2 heterocycles. The molecular weight excluding hydrogens is 342 g/mol. The average Bonchev–Trinajstić information content (AvgIpc) is 2.62. The molecule has 1 fully saturated rings. The zero-order valence-electron chi connectivity index (χ0n) is 14.1. The van der Waals surface area contributed by atoms with Gasteiger partial charge in [0, 0.05) is 25.8 Å². The van der Waals surface area contributed by atoms with Crippen LogP contribution in [0.2, 0.25) is 0 Å². The van der Waals surface area contributed by atoms with Crippen LogP contribution in [0.4, 0.5) is 0 Å². The quantitative estimate of drug-likeness (QED) is 0.794. The molecule has 1 N–H and O–H groups in total. The summed E-state index contributed by atoms with van der Waals surface area (Å²) in [6.07, 6.45) is 3.62. The number of ether oxygens (including phenoxy) is 1. The Hall–Kier alpha value is -1.89. The van der Waals surface area contributed by atoms with Gasteiger partial charge in [-0.3, -0.25) is 9.69 Å². The van der Waals surface area contributed by atoms with E-state index in [1.165, 1.54) is 4.68 Å². The lowest BCUT2D eigenvalue weighted by Gasteiger charge is -2.26. The maximum atomic E-state index is 12.6. The highest BCUT2D eigenvalue weighted by atomic mass is 35.5. The molecule has 0 radical (unpaired) electrons. The molecule has 0 atom stereocenters. The van der Waals surface area contributed by atoms with Crippen LogP contribution in [0, 0.1) is 0 Å². The van der Waals surface area contributed by atoms with E-state index in [9.17, 15) is 9.90 Å². The topological polar surface area (TPSA) is 67.6 Å². The van der Waals surface area contributed by atoms with Gasteiger partial charge in [-0.25, -0.2) is 4.68 Å². The third-order valence-corrected chi connectivity index (χ3v) is 4.29. The molecule has 1 aliphatic rings. The Morgan fingerprint density at radius 1 is 1.04 bits per heavy atom. The van der Waals surface area contributed by atoms with Gasteiger partial charge in [-0.1, -0.05) is 12.1 Å². The highest BCUT2D eigenvalue weighted by Gasteiger charge is 2.10. The third-order valence-electron chi connectivity index (χ3n) is 4.29. The molecule has 1 aromatic heterocycles. The van der Waals surface area contributed by atoms with Crippen molar-refractivity contribution in [3.05, 3.63) is 46.9 Å². The first-order valence-electron chi connectivity index (χ1n) is 8.40.